The molecule has 0 aromatic heterocycles. The summed E-state index contributed by atoms with van der Waals surface area (Å²) in [6.07, 6.45) is 2.17. The lowest BCUT2D eigenvalue weighted by Crippen LogP contribution is -2.20. The van der Waals surface area contributed by atoms with E-state index in [0.29, 0.717) is 0 Å². The van der Waals surface area contributed by atoms with Crippen LogP contribution in [0.4, 0.5) is 0 Å². The highest BCUT2D eigenvalue weighted by Gasteiger charge is 2.16. The fourth-order valence-corrected chi connectivity index (χ4v) is 2.50. The number of Topliss-reactive ketones (excluding diaryl/α,β-unsaturated/α-hetero) is 1. The minimum absolute atomic E-state index is 0.179. The Labute approximate surface area is 97.3 Å². The first kappa shape index (κ1) is 11.3. The highest BCUT2D eigenvalue weighted by atomic mass is 16.1. The van der Waals surface area contributed by atoms with Gasteiger partial charge in [0.1, 0.15) is 0 Å². The Bertz CT molecular complexity index is 423. The van der Waals surface area contributed by atoms with E-state index in [1.807, 2.05) is 6.07 Å². The first-order valence-electron chi connectivity index (χ1n) is 5.90. The predicted octanol–water partition coefficient (Wildman–Crippen LogP) is 2.23. The van der Waals surface area contributed by atoms with E-state index in [9.17, 15) is 4.79 Å². The standard InChI is InChI=1S/C14H19NO/c1-10-13(11(2)16)5-4-12-6-8-15(3)9-7-14(10)12/h4-5H,6-9H2,1-3H3. The molecule has 2 nitrogen and oxygen atoms in total. The Morgan fingerprint density at radius 2 is 1.94 bits per heavy atom. The third-order valence-electron chi connectivity index (χ3n) is 3.58. The molecule has 1 aliphatic rings. The summed E-state index contributed by atoms with van der Waals surface area (Å²) in [7, 11) is 2.16. The van der Waals surface area contributed by atoms with E-state index in [4.69, 9.17) is 0 Å². The van der Waals surface area contributed by atoms with Crippen molar-refractivity contribution in [2.24, 2.45) is 0 Å². The van der Waals surface area contributed by atoms with Crippen molar-refractivity contribution in [1.29, 1.82) is 0 Å². The van der Waals surface area contributed by atoms with Gasteiger partial charge in [-0.3, -0.25) is 4.79 Å². The fourth-order valence-electron chi connectivity index (χ4n) is 2.50. The molecule has 0 saturated carbocycles. The zero-order valence-electron chi connectivity index (χ0n) is 10.3. The number of benzene rings is 1. The second-order valence-electron chi connectivity index (χ2n) is 4.74. The molecule has 1 aromatic carbocycles. The molecule has 16 heavy (non-hydrogen) atoms. The molecule has 2 rings (SSSR count). The Morgan fingerprint density at radius 1 is 1.25 bits per heavy atom. The number of hydrogen-bond acceptors (Lipinski definition) is 2. The van der Waals surface area contributed by atoms with Crippen LogP contribution in [0.2, 0.25) is 0 Å². The molecule has 0 bridgehead atoms. The Balaban J connectivity index is 2.45. The number of carbonyl (C=O) groups excluding carboxylic acids is 1. The van der Waals surface area contributed by atoms with Gasteiger partial charge in [0.15, 0.2) is 5.78 Å². The van der Waals surface area contributed by atoms with E-state index in [0.717, 1.165) is 31.5 Å². The lowest BCUT2D eigenvalue weighted by molar-refractivity contribution is 0.101. The summed E-state index contributed by atoms with van der Waals surface area (Å²) < 4.78 is 0. The molecule has 1 heterocycles. The lowest BCUT2D eigenvalue weighted by atomic mass is 9.92. The number of fused-ring (bicyclic) bond motifs is 1. The van der Waals surface area contributed by atoms with E-state index in [-0.39, 0.29) is 5.78 Å². The number of ketones is 1. The van der Waals surface area contributed by atoms with Gasteiger partial charge >= 0.3 is 0 Å². The summed E-state index contributed by atoms with van der Waals surface area (Å²) in [5.74, 6) is 0.179. The van der Waals surface area contributed by atoms with Crippen molar-refractivity contribution in [3.63, 3.8) is 0 Å². The third-order valence-corrected chi connectivity index (χ3v) is 3.58. The van der Waals surface area contributed by atoms with Crippen LogP contribution in [0.3, 0.4) is 0 Å². The van der Waals surface area contributed by atoms with Gasteiger partial charge in [-0.2, -0.15) is 0 Å². The van der Waals surface area contributed by atoms with Crippen LogP contribution in [0, 0.1) is 6.92 Å². The smallest absolute Gasteiger partial charge is 0.160 e. The quantitative estimate of drug-likeness (QED) is 0.672. The average Bonchev–Trinajstić information content (AvgIpc) is 2.41. The minimum atomic E-state index is 0.179. The number of carbonyl (C=O) groups is 1. The van der Waals surface area contributed by atoms with Crippen molar-refractivity contribution in [2.45, 2.75) is 26.7 Å². The first-order chi connectivity index (χ1) is 7.59. The zero-order valence-corrected chi connectivity index (χ0v) is 10.3. The number of nitrogens with zero attached hydrogens (tertiary/aromatic N) is 1. The maximum absolute atomic E-state index is 11.5. The van der Waals surface area contributed by atoms with Crippen molar-refractivity contribution >= 4 is 5.78 Å². The molecule has 0 saturated heterocycles. The lowest BCUT2D eigenvalue weighted by Gasteiger charge is -2.12. The summed E-state index contributed by atoms with van der Waals surface area (Å²) in [6, 6.07) is 4.13. The molecule has 0 aliphatic carbocycles. The van der Waals surface area contributed by atoms with Gasteiger partial charge in [-0.05, 0) is 50.4 Å². The van der Waals surface area contributed by atoms with Crippen LogP contribution in [-0.4, -0.2) is 30.8 Å². The number of likely N-dealkylation sites (N-methyl/N-ethyl adjacent to an activating group) is 1. The minimum Gasteiger partial charge on any atom is -0.306 e. The van der Waals surface area contributed by atoms with Crippen LogP contribution >= 0.6 is 0 Å². The van der Waals surface area contributed by atoms with Gasteiger partial charge in [0.2, 0.25) is 0 Å². The third kappa shape index (κ3) is 2.03. The molecule has 0 fully saturated rings. The molecule has 0 radical (unpaired) electrons. The predicted molar refractivity (Wildman–Crippen MR) is 66.1 cm³/mol. The average molecular weight is 217 g/mol. The van der Waals surface area contributed by atoms with E-state index in [1.54, 1.807) is 6.92 Å². The Hall–Kier alpha value is -1.15. The fraction of sp³-hybridized carbons (Fsp3) is 0.500. The van der Waals surface area contributed by atoms with Gasteiger partial charge in [0, 0.05) is 18.7 Å². The first-order valence-corrected chi connectivity index (χ1v) is 5.90. The van der Waals surface area contributed by atoms with Crippen molar-refractivity contribution in [1.82, 2.24) is 4.90 Å². The van der Waals surface area contributed by atoms with Gasteiger partial charge in [-0.1, -0.05) is 12.1 Å². The monoisotopic (exact) mass is 217 g/mol. The van der Waals surface area contributed by atoms with Crippen LogP contribution in [0.15, 0.2) is 12.1 Å². The van der Waals surface area contributed by atoms with Gasteiger partial charge < -0.3 is 4.90 Å². The van der Waals surface area contributed by atoms with Gasteiger partial charge in [0.05, 0.1) is 0 Å². The molecule has 0 spiro atoms. The van der Waals surface area contributed by atoms with Crippen molar-refractivity contribution < 1.29 is 4.79 Å². The molecule has 0 amide bonds. The molecule has 86 valence electrons. The summed E-state index contributed by atoms with van der Waals surface area (Å²) in [4.78, 5) is 13.8. The Morgan fingerprint density at radius 3 is 2.62 bits per heavy atom. The van der Waals surface area contributed by atoms with Crippen LogP contribution in [-0.2, 0) is 12.8 Å². The van der Waals surface area contributed by atoms with E-state index in [1.165, 1.54) is 16.7 Å². The maximum Gasteiger partial charge on any atom is 0.160 e. The normalized spacial score (nSPS) is 16.7. The van der Waals surface area contributed by atoms with Crippen LogP contribution in [0.1, 0.15) is 34.0 Å². The second kappa shape index (κ2) is 4.38. The van der Waals surface area contributed by atoms with Crippen molar-refractivity contribution in [3.8, 4) is 0 Å². The van der Waals surface area contributed by atoms with Gasteiger partial charge in [-0.15, -0.1) is 0 Å². The topological polar surface area (TPSA) is 20.3 Å². The SMILES string of the molecule is CC(=O)c1ccc2c(c1C)CCN(C)CC2. The molecule has 1 aromatic rings. The van der Waals surface area contributed by atoms with Gasteiger partial charge in [-0.25, -0.2) is 0 Å². The zero-order chi connectivity index (χ0) is 11.7. The van der Waals surface area contributed by atoms with E-state index < -0.39 is 0 Å². The van der Waals surface area contributed by atoms with Gasteiger partial charge in [0.25, 0.3) is 0 Å². The second-order valence-corrected chi connectivity index (χ2v) is 4.74. The largest absolute Gasteiger partial charge is 0.306 e. The summed E-state index contributed by atoms with van der Waals surface area (Å²) in [5, 5.41) is 0. The highest BCUT2D eigenvalue weighted by molar-refractivity contribution is 5.95. The summed E-state index contributed by atoms with van der Waals surface area (Å²) >= 11 is 0. The highest BCUT2D eigenvalue weighted by Crippen LogP contribution is 2.22. The van der Waals surface area contributed by atoms with E-state index >= 15 is 0 Å². The van der Waals surface area contributed by atoms with Crippen molar-refractivity contribution in [3.05, 3.63) is 34.4 Å². The maximum atomic E-state index is 11.5. The number of rotatable bonds is 1. The Kier molecular flexibility index (Phi) is 3.10. The number of hydrogen-bond donors (Lipinski definition) is 0. The van der Waals surface area contributed by atoms with Crippen LogP contribution in [0.25, 0.3) is 0 Å². The molecule has 2 heteroatoms. The summed E-state index contributed by atoms with van der Waals surface area (Å²) in [6.45, 7) is 5.94. The molecule has 0 atom stereocenters. The molecule has 0 unspecified atom stereocenters. The summed E-state index contributed by atoms with van der Waals surface area (Å²) in [5.41, 5.74) is 4.91. The van der Waals surface area contributed by atoms with Crippen LogP contribution < -0.4 is 0 Å². The van der Waals surface area contributed by atoms with E-state index in [2.05, 4.69) is 24.9 Å². The molecular formula is C14H19NO. The molecule has 0 N–H and O–H groups in total. The van der Waals surface area contributed by atoms with Crippen molar-refractivity contribution in [2.75, 3.05) is 20.1 Å². The van der Waals surface area contributed by atoms with Crippen LogP contribution in [0.5, 0.6) is 0 Å². The molecule has 1 aliphatic heterocycles. The molecular weight excluding hydrogens is 198 g/mol.